The molecule has 1 spiro atoms. The molecular weight excluding hydrogens is 691 g/mol. The van der Waals surface area contributed by atoms with E-state index in [9.17, 15) is 10.5 Å². The molecule has 6 heterocycles. The van der Waals surface area contributed by atoms with Crippen molar-refractivity contribution in [3.05, 3.63) is 186 Å². The summed E-state index contributed by atoms with van der Waals surface area (Å²) in [6.45, 7) is 0. The minimum atomic E-state index is -0.847. The molecule has 0 bridgehead atoms. The van der Waals surface area contributed by atoms with Crippen LogP contribution in [0.4, 0.5) is 0 Å². The Kier molecular flexibility index (Phi) is 5.96. The maximum Gasteiger partial charge on any atom is 0.132 e. The first-order valence-electron chi connectivity index (χ1n) is 18.3. The zero-order chi connectivity index (χ0) is 37.1. The van der Waals surface area contributed by atoms with Gasteiger partial charge in [0.05, 0.1) is 68.3 Å². The average molecular weight is 716 g/mol. The summed E-state index contributed by atoms with van der Waals surface area (Å²) in [4.78, 5) is 14.5. The minimum Gasteiger partial charge on any atom is -0.457 e. The molecule has 8 heteroatoms. The maximum absolute atomic E-state index is 9.79. The van der Waals surface area contributed by atoms with Gasteiger partial charge in [0.15, 0.2) is 0 Å². The van der Waals surface area contributed by atoms with Gasteiger partial charge >= 0.3 is 0 Å². The van der Waals surface area contributed by atoms with Crippen LogP contribution in [-0.4, -0.2) is 24.1 Å². The SMILES string of the molecule is N#Cc1ccc2c(c1)c1ccccc1n2-c1ccc2c(c1)C1(c3cc(-n4c5ccc(C#N)cc5c5ccncc54)ccc3O2)c2cccnc2-c2ncccc21. The van der Waals surface area contributed by atoms with Crippen molar-refractivity contribution in [2.75, 3.05) is 0 Å². The number of aromatic nitrogens is 5. The number of para-hydroxylation sites is 1. The molecule has 1 aliphatic heterocycles. The van der Waals surface area contributed by atoms with Crippen molar-refractivity contribution in [1.29, 1.82) is 10.5 Å². The fraction of sp³-hybridized carbons (Fsp3) is 0.0208. The molecule has 8 nitrogen and oxygen atoms in total. The van der Waals surface area contributed by atoms with E-state index in [0.717, 1.165) is 100 Å². The smallest absolute Gasteiger partial charge is 0.132 e. The number of ether oxygens (including phenoxy) is 1. The molecular formula is C48H25N7O. The normalized spacial score (nSPS) is 13.2. The van der Waals surface area contributed by atoms with Crippen molar-refractivity contribution in [2.24, 2.45) is 0 Å². The number of benzene rings is 5. The fourth-order valence-corrected chi connectivity index (χ4v) is 9.40. The Morgan fingerprint density at radius 1 is 0.482 bits per heavy atom. The highest BCUT2D eigenvalue weighted by Gasteiger charge is 2.52. The Balaban J connectivity index is 1.18. The summed E-state index contributed by atoms with van der Waals surface area (Å²) in [7, 11) is 0. The Morgan fingerprint density at radius 3 is 1.64 bits per heavy atom. The van der Waals surface area contributed by atoms with Gasteiger partial charge in [-0.1, -0.05) is 30.3 Å². The van der Waals surface area contributed by atoms with E-state index >= 15 is 0 Å². The van der Waals surface area contributed by atoms with Crippen molar-refractivity contribution in [3.63, 3.8) is 0 Å². The molecule has 0 N–H and O–H groups in total. The van der Waals surface area contributed by atoms with Crippen LogP contribution >= 0.6 is 0 Å². The Labute approximate surface area is 319 Å². The van der Waals surface area contributed by atoms with E-state index in [4.69, 9.17) is 14.7 Å². The minimum absolute atomic E-state index is 0.603. The lowest BCUT2D eigenvalue weighted by atomic mass is 9.66. The van der Waals surface area contributed by atoms with E-state index in [-0.39, 0.29) is 0 Å². The van der Waals surface area contributed by atoms with Crippen LogP contribution in [0.3, 0.4) is 0 Å². The van der Waals surface area contributed by atoms with E-state index in [1.54, 1.807) is 6.20 Å². The number of hydrogen-bond donors (Lipinski definition) is 0. The molecule has 1 aliphatic carbocycles. The van der Waals surface area contributed by atoms with Crippen molar-refractivity contribution >= 4 is 43.6 Å². The van der Waals surface area contributed by atoms with E-state index in [0.29, 0.717) is 11.1 Å². The molecule has 0 saturated carbocycles. The zero-order valence-electron chi connectivity index (χ0n) is 29.5. The van der Waals surface area contributed by atoms with E-state index < -0.39 is 5.41 Å². The van der Waals surface area contributed by atoms with E-state index in [1.807, 2.05) is 79.3 Å². The van der Waals surface area contributed by atoms with Gasteiger partial charge in [0.2, 0.25) is 0 Å². The lowest BCUT2D eigenvalue weighted by Crippen LogP contribution is -2.32. The van der Waals surface area contributed by atoms with Crippen LogP contribution in [0.5, 0.6) is 11.5 Å². The summed E-state index contributed by atoms with van der Waals surface area (Å²) in [6.07, 6.45) is 7.34. The Hall–Kier alpha value is -8.07. The van der Waals surface area contributed by atoms with Gasteiger partial charge in [-0.2, -0.15) is 10.5 Å². The van der Waals surface area contributed by atoms with Crippen LogP contribution in [0.15, 0.2) is 152 Å². The first kappa shape index (κ1) is 30.4. The second kappa shape index (κ2) is 11.0. The van der Waals surface area contributed by atoms with Gasteiger partial charge in [-0.25, -0.2) is 0 Å². The molecule has 0 radical (unpaired) electrons. The standard InChI is InChI=1S/C48H25N7O/c49-25-28-9-13-41-34(21-28)32-5-1-2-8-40(32)54(41)30-11-15-44-38(23-30)48(36-6-3-18-52-46(36)47-37(48)7-4-19-53-47)39-24-31(12-16-45(39)56-44)55-42-14-10-29(26-50)22-35(42)33-17-20-51-27-43(33)55/h1-24,27H. The molecule has 0 atom stereocenters. The van der Waals surface area contributed by atoms with Gasteiger partial charge in [-0.15, -0.1) is 0 Å². The summed E-state index contributed by atoms with van der Waals surface area (Å²) in [5.74, 6) is 1.49. The maximum atomic E-state index is 9.79. The lowest BCUT2D eigenvalue weighted by molar-refractivity contribution is 0.436. The molecule has 0 unspecified atom stereocenters. The third-order valence-electron chi connectivity index (χ3n) is 11.6. The molecule has 0 fully saturated rings. The van der Waals surface area contributed by atoms with Crippen LogP contribution in [0.2, 0.25) is 0 Å². The molecule has 10 aromatic rings. The van der Waals surface area contributed by atoms with E-state index in [2.05, 4.69) is 93.0 Å². The Morgan fingerprint density at radius 2 is 1.04 bits per heavy atom. The predicted molar refractivity (Wildman–Crippen MR) is 215 cm³/mol. The van der Waals surface area contributed by atoms with Gasteiger partial charge in [-0.05, 0) is 108 Å². The number of fused-ring (bicyclic) bond motifs is 15. The first-order chi connectivity index (χ1) is 27.7. The summed E-state index contributed by atoms with van der Waals surface area (Å²) in [5, 5.41) is 23.7. The quantitative estimate of drug-likeness (QED) is 0.176. The molecule has 56 heavy (non-hydrogen) atoms. The summed E-state index contributed by atoms with van der Waals surface area (Å²) < 4.78 is 11.4. The second-order valence-electron chi connectivity index (χ2n) is 14.3. The topological polar surface area (TPSA) is 105 Å². The van der Waals surface area contributed by atoms with Crippen LogP contribution in [0.25, 0.3) is 66.4 Å². The van der Waals surface area contributed by atoms with Gasteiger partial charge in [0.25, 0.3) is 0 Å². The molecule has 2 aliphatic rings. The van der Waals surface area contributed by atoms with Gasteiger partial charge in [-0.3, -0.25) is 15.0 Å². The highest BCUT2D eigenvalue weighted by molar-refractivity contribution is 6.10. The Bertz CT molecular complexity index is 3220. The third kappa shape index (κ3) is 3.81. The second-order valence-corrected chi connectivity index (χ2v) is 14.3. The molecule has 258 valence electrons. The summed E-state index contributed by atoms with van der Waals surface area (Å²) in [6, 6.07) is 47.8. The lowest BCUT2D eigenvalue weighted by Gasteiger charge is -2.39. The van der Waals surface area contributed by atoms with E-state index in [1.165, 1.54) is 0 Å². The van der Waals surface area contributed by atoms with Crippen LogP contribution < -0.4 is 4.74 Å². The van der Waals surface area contributed by atoms with Gasteiger partial charge in [0.1, 0.15) is 11.5 Å². The number of nitrogens with zero attached hydrogens (tertiary/aromatic N) is 7. The van der Waals surface area contributed by atoms with Crippen LogP contribution in [-0.2, 0) is 5.41 Å². The largest absolute Gasteiger partial charge is 0.457 e. The molecule has 0 saturated heterocycles. The van der Waals surface area contributed by atoms with Crippen molar-refractivity contribution in [2.45, 2.75) is 5.41 Å². The monoisotopic (exact) mass is 715 g/mol. The predicted octanol–water partition coefficient (Wildman–Crippen LogP) is 10.3. The van der Waals surface area contributed by atoms with Gasteiger partial charge in [0, 0.05) is 62.6 Å². The number of hydrogen-bond acceptors (Lipinski definition) is 6. The highest BCUT2D eigenvalue weighted by Crippen LogP contribution is 2.62. The number of pyridine rings is 3. The fourth-order valence-electron chi connectivity index (χ4n) is 9.40. The molecule has 12 rings (SSSR count). The van der Waals surface area contributed by atoms with Crippen molar-refractivity contribution in [3.8, 4) is 46.4 Å². The average Bonchev–Trinajstić information content (AvgIpc) is 3.88. The summed E-state index contributed by atoms with van der Waals surface area (Å²) in [5.41, 5.74) is 11.9. The summed E-state index contributed by atoms with van der Waals surface area (Å²) >= 11 is 0. The number of nitriles is 2. The molecule has 0 amide bonds. The van der Waals surface area contributed by atoms with Crippen LogP contribution in [0.1, 0.15) is 33.4 Å². The molecule has 5 aromatic heterocycles. The first-order valence-corrected chi connectivity index (χ1v) is 18.3. The third-order valence-corrected chi connectivity index (χ3v) is 11.6. The zero-order valence-corrected chi connectivity index (χ0v) is 29.5. The number of rotatable bonds is 2. The van der Waals surface area contributed by atoms with Crippen molar-refractivity contribution < 1.29 is 4.74 Å². The van der Waals surface area contributed by atoms with Crippen molar-refractivity contribution in [1.82, 2.24) is 24.1 Å². The highest BCUT2D eigenvalue weighted by atomic mass is 16.5. The van der Waals surface area contributed by atoms with Crippen LogP contribution in [0, 0.1) is 22.7 Å². The molecule has 5 aromatic carbocycles. The van der Waals surface area contributed by atoms with Gasteiger partial charge < -0.3 is 13.9 Å².